The van der Waals surface area contributed by atoms with E-state index in [1.807, 2.05) is 6.92 Å². The number of hydrogen-bond donors (Lipinski definition) is 0. The molecule has 0 fully saturated rings. The minimum atomic E-state index is -0.835. The molecule has 1 aliphatic rings. The second-order valence-corrected chi connectivity index (χ2v) is 13.7. The number of nitrogens with zero attached hydrogens (tertiary/aromatic N) is 4. The number of allylic oxidation sites excluding steroid dienone is 3. The SMILES string of the molecule is C=C(C(C)C(C)C)N1CCn2c(nc(-c3cc(P)c(F)c(CF)c3)c2C(C)C)C1(C)C.C=C/C(Cl)=C\N=C(C)C(C)CC. The third-order valence-corrected chi connectivity index (χ3v) is 9.37. The summed E-state index contributed by atoms with van der Waals surface area (Å²) in [7, 11) is 2.38. The first-order valence-corrected chi connectivity index (χ1v) is 16.2. The molecule has 0 saturated heterocycles. The highest BCUT2D eigenvalue weighted by molar-refractivity contribution is 7.27. The van der Waals surface area contributed by atoms with Crippen molar-refractivity contribution in [3.05, 3.63) is 71.2 Å². The van der Waals surface area contributed by atoms with Crippen LogP contribution in [0.3, 0.4) is 0 Å². The normalized spacial score (nSPS) is 16.5. The van der Waals surface area contributed by atoms with Crippen molar-refractivity contribution in [1.29, 1.82) is 0 Å². The lowest BCUT2D eigenvalue weighted by Crippen LogP contribution is -2.49. The van der Waals surface area contributed by atoms with Gasteiger partial charge in [-0.15, -0.1) is 9.24 Å². The number of aromatic nitrogens is 2. The molecule has 3 unspecified atom stereocenters. The van der Waals surface area contributed by atoms with Crippen LogP contribution in [0.25, 0.3) is 11.3 Å². The maximum Gasteiger partial charge on any atom is 0.136 e. The summed E-state index contributed by atoms with van der Waals surface area (Å²) in [6, 6.07) is 3.36. The van der Waals surface area contributed by atoms with Crippen LogP contribution in [0.15, 0.2) is 53.3 Å². The minimum Gasteiger partial charge on any atom is -0.361 e. The fourth-order valence-corrected chi connectivity index (χ4v) is 5.69. The van der Waals surface area contributed by atoms with Crippen molar-refractivity contribution >= 4 is 31.9 Å². The maximum atomic E-state index is 14.3. The molecule has 1 aliphatic heterocycles. The zero-order valence-corrected chi connectivity index (χ0v) is 29.8. The molecule has 0 radical (unpaired) electrons. The van der Waals surface area contributed by atoms with E-state index in [4.69, 9.17) is 16.6 Å². The van der Waals surface area contributed by atoms with Crippen molar-refractivity contribution in [1.82, 2.24) is 14.5 Å². The molecule has 238 valence electrons. The van der Waals surface area contributed by atoms with E-state index in [2.05, 4.69) is 99.2 Å². The van der Waals surface area contributed by atoms with Crippen molar-refractivity contribution in [3.8, 4) is 11.3 Å². The number of alkyl halides is 1. The summed E-state index contributed by atoms with van der Waals surface area (Å²) >= 11 is 5.69. The third kappa shape index (κ3) is 8.45. The molecule has 0 N–H and O–H groups in total. The molecule has 8 heteroatoms. The molecule has 43 heavy (non-hydrogen) atoms. The van der Waals surface area contributed by atoms with Crippen molar-refractivity contribution in [2.24, 2.45) is 22.7 Å². The third-order valence-electron chi connectivity index (χ3n) is 8.70. The lowest BCUT2D eigenvalue weighted by atomic mass is 9.90. The fraction of sp³-hybridized carbons (Fsp3) is 0.543. The molecule has 2 aromatic rings. The molecule has 2 heterocycles. The van der Waals surface area contributed by atoms with Crippen LogP contribution in [-0.2, 0) is 18.8 Å². The van der Waals surface area contributed by atoms with Crippen LogP contribution in [0.4, 0.5) is 8.78 Å². The zero-order valence-electron chi connectivity index (χ0n) is 27.9. The summed E-state index contributed by atoms with van der Waals surface area (Å²) in [6.45, 7) is 30.5. The summed E-state index contributed by atoms with van der Waals surface area (Å²) in [5.41, 5.74) is 4.68. The van der Waals surface area contributed by atoms with Gasteiger partial charge in [-0.3, -0.25) is 4.99 Å². The van der Waals surface area contributed by atoms with Gasteiger partial charge < -0.3 is 9.47 Å². The van der Waals surface area contributed by atoms with Gasteiger partial charge in [0.1, 0.15) is 18.3 Å². The Hall–Kier alpha value is -2.30. The molecular weight excluding hydrogens is 581 g/mol. The van der Waals surface area contributed by atoms with E-state index in [9.17, 15) is 8.78 Å². The fourth-order valence-electron chi connectivity index (χ4n) is 5.27. The molecule has 1 aromatic carbocycles. The van der Waals surface area contributed by atoms with E-state index in [0.717, 1.165) is 53.7 Å². The Morgan fingerprint density at radius 1 is 1.19 bits per heavy atom. The first-order valence-electron chi connectivity index (χ1n) is 15.3. The quantitative estimate of drug-likeness (QED) is 0.148. The topological polar surface area (TPSA) is 33.4 Å². The van der Waals surface area contributed by atoms with E-state index >= 15 is 0 Å². The molecule has 1 aromatic heterocycles. The van der Waals surface area contributed by atoms with Gasteiger partial charge in [0.05, 0.1) is 16.3 Å². The average molecular weight is 633 g/mol. The number of fused-ring (bicyclic) bond motifs is 1. The van der Waals surface area contributed by atoms with Crippen molar-refractivity contribution in [3.63, 3.8) is 0 Å². The molecule has 0 amide bonds. The molecule has 4 nitrogen and oxygen atoms in total. The van der Waals surface area contributed by atoms with Gasteiger partial charge in [-0.2, -0.15) is 0 Å². The van der Waals surface area contributed by atoms with Crippen LogP contribution in [0.2, 0.25) is 0 Å². The Balaban J connectivity index is 0.000000455. The Morgan fingerprint density at radius 2 is 1.81 bits per heavy atom. The van der Waals surface area contributed by atoms with Crippen molar-refractivity contribution < 1.29 is 8.78 Å². The molecular formula is C35H52ClF2N4P. The largest absolute Gasteiger partial charge is 0.361 e. The van der Waals surface area contributed by atoms with Gasteiger partial charge in [-0.1, -0.05) is 73.2 Å². The molecule has 0 bridgehead atoms. The lowest BCUT2D eigenvalue weighted by molar-refractivity contribution is 0.0986. The van der Waals surface area contributed by atoms with Crippen LogP contribution >= 0.6 is 20.8 Å². The number of hydrogen-bond acceptors (Lipinski definition) is 3. The van der Waals surface area contributed by atoms with Crippen LogP contribution in [-0.4, -0.2) is 26.7 Å². The summed E-state index contributed by atoms with van der Waals surface area (Å²) in [5.74, 6) is 2.10. The average Bonchev–Trinajstić information content (AvgIpc) is 3.37. The standard InChI is InChI=1S/C25H36F2N3P.C10H16ClN/c1-14(2)16(5)17(6)30-10-9-29-23(15(3)4)22(28-24(29)25(30,7)8)18-11-19(13-26)21(27)20(31)12-18;1-5-8(3)9(4)12-7-10(11)6-2/h11-12,14-16H,6,9-10,13,31H2,1-5,7-8H3;6-8H,2,5H2,1,3-4H3/b;10-7+,12-9?. The maximum absolute atomic E-state index is 14.3. The van der Waals surface area contributed by atoms with Gasteiger partial charge in [0.25, 0.3) is 0 Å². The van der Waals surface area contributed by atoms with Crippen LogP contribution in [0, 0.1) is 23.6 Å². The Bertz CT molecular complexity index is 1360. The monoisotopic (exact) mass is 632 g/mol. The predicted octanol–water partition coefficient (Wildman–Crippen LogP) is 9.90. The smallest absolute Gasteiger partial charge is 0.136 e. The van der Waals surface area contributed by atoms with Crippen LogP contribution in [0.5, 0.6) is 0 Å². The van der Waals surface area contributed by atoms with Gasteiger partial charge >= 0.3 is 0 Å². The van der Waals surface area contributed by atoms with Crippen molar-refractivity contribution in [2.75, 3.05) is 6.54 Å². The molecule has 0 spiro atoms. The van der Waals surface area contributed by atoms with E-state index in [0.29, 0.717) is 28.1 Å². The van der Waals surface area contributed by atoms with E-state index in [1.165, 1.54) is 0 Å². The molecule has 3 rings (SSSR count). The second-order valence-electron chi connectivity index (χ2n) is 12.7. The molecule has 0 aliphatic carbocycles. The van der Waals surface area contributed by atoms with Crippen LogP contribution in [0.1, 0.15) is 98.7 Å². The highest BCUT2D eigenvalue weighted by Crippen LogP contribution is 2.41. The highest BCUT2D eigenvalue weighted by Gasteiger charge is 2.41. The Morgan fingerprint density at radius 3 is 2.33 bits per heavy atom. The zero-order chi connectivity index (χ0) is 32.8. The lowest BCUT2D eigenvalue weighted by Gasteiger charge is -2.47. The minimum absolute atomic E-state index is 0.0724. The molecule has 3 atom stereocenters. The summed E-state index contributed by atoms with van der Waals surface area (Å²) < 4.78 is 30.1. The second kappa shape index (κ2) is 15.6. The number of aliphatic imine (C=N–C) groups is 1. The number of imidazole rings is 1. The first-order chi connectivity index (χ1) is 20.0. The summed E-state index contributed by atoms with van der Waals surface area (Å²) in [4.78, 5) is 11.7. The van der Waals surface area contributed by atoms with Gasteiger partial charge in [-0.05, 0) is 69.1 Å². The summed E-state index contributed by atoms with van der Waals surface area (Å²) in [5, 5.41) is 0.948. The number of halogens is 3. The van der Waals surface area contributed by atoms with Gasteiger partial charge in [-0.25, -0.2) is 13.8 Å². The predicted molar refractivity (Wildman–Crippen MR) is 185 cm³/mol. The Kier molecular flexibility index (Phi) is 13.4. The van der Waals surface area contributed by atoms with E-state index < -0.39 is 12.5 Å². The number of rotatable bonds is 10. The Labute approximate surface area is 266 Å². The molecule has 0 saturated carbocycles. The number of benzene rings is 1. The van der Waals surface area contributed by atoms with Crippen LogP contribution < -0.4 is 5.30 Å². The van der Waals surface area contributed by atoms with Gasteiger partial charge in [0.2, 0.25) is 0 Å². The van der Waals surface area contributed by atoms with Gasteiger partial charge in [0.15, 0.2) is 0 Å². The van der Waals surface area contributed by atoms with Gasteiger partial charge in [0, 0.05) is 52.8 Å². The van der Waals surface area contributed by atoms with Crippen molar-refractivity contribution in [2.45, 2.75) is 100 Å². The summed E-state index contributed by atoms with van der Waals surface area (Å²) in [6.07, 6.45) is 4.32. The van der Waals surface area contributed by atoms with E-state index in [-0.39, 0.29) is 17.0 Å². The highest BCUT2D eigenvalue weighted by atomic mass is 35.5. The van der Waals surface area contributed by atoms with E-state index in [1.54, 1.807) is 24.4 Å². The first kappa shape index (κ1) is 36.9.